The summed E-state index contributed by atoms with van der Waals surface area (Å²) in [7, 11) is 0. The fraction of sp³-hybridized carbons (Fsp3) is 0.636. The van der Waals surface area contributed by atoms with Crippen LogP contribution >= 0.6 is 0 Å². The maximum atomic E-state index is 14.6. The van der Waals surface area contributed by atoms with Crippen LogP contribution < -0.4 is 15.5 Å². The molecule has 1 aliphatic heterocycles. The molecule has 1 saturated carbocycles. The van der Waals surface area contributed by atoms with Crippen molar-refractivity contribution < 1.29 is 18.7 Å². The highest BCUT2D eigenvalue weighted by molar-refractivity contribution is 5.95. The molecule has 160 valence electrons. The molecule has 0 spiro atoms. The summed E-state index contributed by atoms with van der Waals surface area (Å²) < 4.78 is 19.9. The van der Waals surface area contributed by atoms with E-state index in [9.17, 15) is 14.0 Å². The van der Waals surface area contributed by atoms with Crippen molar-refractivity contribution in [2.24, 2.45) is 0 Å². The molecule has 0 radical (unpaired) electrons. The van der Waals surface area contributed by atoms with Crippen LogP contribution in [0.3, 0.4) is 0 Å². The molecule has 0 aromatic heterocycles. The lowest BCUT2D eigenvalue weighted by molar-refractivity contribution is 0.0505. The second-order valence-electron chi connectivity index (χ2n) is 9.16. The van der Waals surface area contributed by atoms with Crippen molar-refractivity contribution >= 4 is 17.7 Å². The van der Waals surface area contributed by atoms with Crippen LogP contribution in [0.25, 0.3) is 0 Å². The smallest absolute Gasteiger partial charge is 0.407 e. The van der Waals surface area contributed by atoms with Crippen molar-refractivity contribution in [3.8, 4) is 0 Å². The summed E-state index contributed by atoms with van der Waals surface area (Å²) >= 11 is 0. The molecule has 29 heavy (non-hydrogen) atoms. The van der Waals surface area contributed by atoms with Gasteiger partial charge in [0, 0.05) is 25.2 Å². The Morgan fingerprint density at radius 1 is 1.14 bits per heavy atom. The van der Waals surface area contributed by atoms with Gasteiger partial charge in [0.25, 0.3) is 5.91 Å². The third kappa shape index (κ3) is 5.61. The largest absolute Gasteiger partial charge is 0.444 e. The second-order valence-corrected chi connectivity index (χ2v) is 9.16. The normalized spacial score (nSPS) is 18.6. The van der Waals surface area contributed by atoms with Gasteiger partial charge >= 0.3 is 6.09 Å². The minimum Gasteiger partial charge on any atom is -0.444 e. The van der Waals surface area contributed by atoms with Crippen LogP contribution in [-0.2, 0) is 4.74 Å². The fourth-order valence-corrected chi connectivity index (χ4v) is 4.13. The summed E-state index contributed by atoms with van der Waals surface area (Å²) in [5.41, 5.74) is -0.252. The average molecular weight is 406 g/mol. The number of carbonyl (C=O) groups is 2. The molecule has 1 aliphatic carbocycles. The number of halogens is 1. The Morgan fingerprint density at radius 3 is 2.38 bits per heavy atom. The van der Waals surface area contributed by atoms with E-state index in [2.05, 4.69) is 10.6 Å². The van der Waals surface area contributed by atoms with Gasteiger partial charge in [0.05, 0.1) is 11.2 Å². The maximum absolute atomic E-state index is 14.6. The lowest BCUT2D eigenvalue weighted by Crippen LogP contribution is -2.54. The van der Waals surface area contributed by atoms with E-state index in [1.165, 1.54) is 6.07 Å². The highest BCUT2D eigenvalue weighted by Crippen LogP contribution is 2.30. The van der Waals surface area contributed by atoms with Gasteiger partial charge in [-0.1, -0.05) is 12.8 Å². The first kappa shape index (κ1) is 21.4. The van der Waals surface area contributed by atoms with E-state index in [1.807, 2.05) is 4.90 Å². The minimum atomic E-state index is -0.579. The van der Waals surface area contributed by atoms with Gasteiger partial charge < -0.3 is 20.3 Å². The number of benzene rings is 1. The van der Waals surface area contributed by atoms with Crippen molar-refractivity contribution in [2.75, 3.05) is 24.5 Å². The molecule has 7 heteroatoms. The Balaban J connectivity index is 1.65. The predicted octanol–water partition coefficient (Wildman–Crippen LogP) is 3.99. The summed E-state index contributed by atoms with van der Waals surface area (Å²) in [5.74, 6) is -0.684. The third-order valence-electron chi connectivity index (χ3n) is 5.57. The molecule has 2 N–H and O–H groups in total. The van der Waals surface area contributed by atoms with Gasteiger partial charge in [0.15, 0.2) is 0 Å². The molecule has 2 amide bonds. The molecule has 1 aromatic rings. The van der Waals surface area contributed by atoms with Gasteiger partial charge in [-0.25, -0.2) is 9.18 Å². The van der Waals surface area contributed by atoms with Crippen LogP contribution in [0, 0.1) is 5.82 Å². The molecular weight excluding hydrogens is 373 g/mol. The Bertz CT molecular complexity index is 748. The number of anilines is 1. The highest BCUT2D eigenvalue weighted by atomic mass is 19.1. The zero-order chi connectivity index (χ0) is 21.1. The van der Waals surface area contributed by atoms with E-state index in [-0.39, 0.29) is 11.7 Å². The van der Waals surface area contributed by atoms with Crippen molar-refractivity contribution in [1.29, 1.82) is 0 Å². The molecule has 6 nitrogen and oxygen atoms in total. The SMILES string of the molecule is CC(C)(C)OC(=O)NCC1(NC(=O)c2ccc(N3CCCC3)c(F)c2)CCCC1. The van der Waals surface area contributed by atoms with Gasteiger partial charge in [-0.05, 0) is 64.7 Å². The molecule has 1 heterocycles. The standard InChI is InChI=1S/C22H32FN3O3/c1-21(2,3)29-20(28)24-15-22(10-4-5-11-22)25-19(27)16-8-9-18(17(23)14-16)26-12-6-7-13-26/h8-9,14H,4-7,10-13,15H2,1-3H3,(H,24,28)(H,25,27). The van der Waals surface area contributed by atoms with Gasteiger partial charge in [-0.3, -0.25) is 4.79 Å². The molecule has 2 aliphatic rings. The summed E-state index contributed by atoms with van der Waals surface area (Å²) in [6, 6.07) is 4.68. The predicted molar refractivity (Wildman–Crippen MR) is 111 cm³/mol. The number of carbonyl (C=O) groups excluding carboxylic acids is 2. The fourth-order valence-electron chi connectivity index (χ4n) is 4.13. The van der Waals surface area contributed by atoms with Crippen LogP contribution in [-0.4, -0.2) is 42.8 Å². The number of hydrogen-bond acceptors (Lipinski definition) is 4. The average Bonchev–Trinajstić information content (AvgIpc) is 3.31. The number of ether oxygens (including phenoxy) is 1. The summed E-state index contributed by atoms with van der Waals surface area (Å²) in [6.45, 7) is 7.41. The van der Waals surface area contributed by atoms with Gasteiger partial charge in [0.1, 0.15) is 11.4 Å². The molecule has 0 unspecified atom stereocenters. The van der Waals surface area contributed by atoms with Crippen LogP contribution in [0.5, 0.6) is 0 Å². The van der Waals surface area contributed by atoms with E-state index in [4.69, 9.17) is 4.74 Å². The Kier molecular flexibility index (Phi) is 6.34. The lowest BCUT2D eigenvalue weighted by Gasteiger charge is -2.31. The first-order valence-corrected chi connectivity index (χ1v) is 10.5. The van der Waals surface area contributed by atoms with Gasteiger partial charge in [-0.15, -0.1) is 0 Å². The number of hydrogen-bond donors (Lipinski definition) is 2. The van der Waals surface area contributed by atoms with E-state index in [0.717, 1.165) is 51.6 Å². The van der Waals surface area contributed by atoms with E-state index in [0.29, 0.717) is 17.8 Å². The highest BCUT2D eigenvalue weighted by Gasteiger charge is 2.36. The summed E-state index contributed by atoms with van der Waals surface area (Å²) in [5, 5.41) is 5.83. The first-order chi connectivity index (χ1) is 13.7. The quantitative estimate of drug-likeness (QED) is 0.777. The van der Waals surface area contributed by atoms with Crippen LogP contribution in [0.2, 0.25) is 0 Å². The second kappa shape index (κ2) is 8.59. The third-order valence-corrected chi connectivity index (χ3v) is 5.57. The van der Waals surface area contributed by atoms with Crippen LogP contribution in [0.1, 0.15) is 69.7 Å². The Hall–Kier alpha value is -2.31. The summed E-state index contributed by atoms with van der Waals surface area (Å²) in [4.78, 5) is 26.9. The van der Waals surface area contributed by atoms with Gasteiger partial charge in [-0.2, -0.15) is 0 Å². The summed E-state index contributed by atoms with van der Waals surface area (Å²) in [6.07, 6.45) is 5.10. The molecule has 0 bridgehead atoms. The molecule has 3 rings (SSSR count). The molecule has 1 aromatic carbocycles. The van der Waals surface area contributed by atoms with Crippen LogP contribution in [0.4, 0.5) is 14.9 Å². The number of alkyl carbamates (subject to hydrolysis) is 1. The van der Waals surface area contributed by atoms with Crippen molar-refractivity contribution in [2.45, 2.75) is 70.4 Å². The van der Waals surface area contributed by atoms with E-state index in [1.54, 1.807) is 32.9 Å². The molecule has 2 fully saturated rings. The Morgan fingerprint density at radius 2 is 1.79 bits per heavy atom. The number of amides is 2. The van der Waals surface area contributed by atoms with Crippen molar-refractivity contribution in [1.82, 2.24) is 10.6 Å². The topological polar surface area (TPSA) is 70.7 Å². The number of rotatable bonds is 5. The van der Waals surface area contributed by atoms with E-state index >= 15 is 0 Å². The maximum Gasteiger partial charge on any atom is 0.407 e. The zero-order valence-electron chi connectivity index (χ0n) is 17.6. The van der Waals surface area contributed by atoms with Crippen molar-refractivity contribution in [3.05, 3.63) is 29.6 Å². The number of nitrogens with zero attached hydrogens (tertiary/aromatic N) is 1. The zero-order valence-corrected chi connectivity index (χ0v) is 17.6. The molecular formula is C22H32FN3O3. The molecule has 0 atom stereocenters. The monoisotopic (exact) mass is 405 g/mol. The number of nitrogens with one attached hydrogen (secondary N) is 2. The van der Waals surface area contributed by atoms with E-state index < -0.39 is 17.2 Å². The minimum absolute atomic E-state index is 0.294. The first-order valence-electron chi connectivity index (χ1n) is 10.5. The van der Waals surface area contributed by atoms with Crippen molar-refractivity contribution in [3.63, 3.8) is 0 Å². The van der Waals surface area contributed by atoms with Gasteiger partial charge in [0.2, 0.25) is 0 Å². The Labute approximate surface area is 172 Å². The van der Waals surface area contributed by atoms with Crippen LogP contribution in [0.15, 0.2) is 18.2 Å². The lowest BCUT2D eigenvalue weighted by atomic mass is 9.96. The molecule has 1 saturated heterocycles.